The number of ether oxygens (including phenoxy) is 2. The van der Waals surface area contributed by atoms with Gasteiger partial charge in [0.1, 0.15) is 0 Å². The summed E-state index contributed by atoms with van der Waals surface area (Å²) in [4.78, 5) is 8.32. The maximum Gasteiger partial charge on any atom is 0.217 e. The Bertz CT molecular complexity index is 519. The number of hydrogen-bond acceptors (Lipinski definition) is 5. The molecular formula is C13H12N2O2S. The number of nitrogens with zero attached hydrogens (tertiary/aromatic N) is 2. The van der Waals surface area contributed by atoms with Crippen molar-refractivity contribution in [2.45, 2.75) is 5.79 Å². The van der Waals surface area contributed by atoms with Gasteiger partial charge >= 0.3 is 0 Å². The van der Waals surface area contributed by atoms with E-state index in [-0.39, 0.29) is 0 Å². The number of hydrogen-bond donors (Lipinski definition) is 0. The van der Waals surface area contributed by atoms with Gasteiger partial charge in [-0.3, -0.25) is 4.98 Å². The Balaban J connectivity index is 1.93. The molecule has 1 saturated heterocycles. The van der Waals surface area contributed by atoms with E-state index >= 15 is 0 Å². The lowest BCUT2D eigenvalue weighted by atomic mass is 10.1. The molecule has 3 heterocycles. The first-order chi connectivity index (χ1) is 8.89. The van der Waals surface area contributed by atoms with Gasteiger partial charge < -0.3 is 9.47 Å². The molecule has 0 spiro atoms. The van der Waals surface area contributed by atoms with Gasteiger partial charge in [0, 0.05) is 23.3 Å². The van der Waals surface area contributed by atoms with Gasteiger partial charge in [0.05, 0.1) is 24.4 Å². The second kappa shape index (κ2) is 4.97. The minimum atomic E-state index is -0.822. The van der Waals surface area contributed by atoms with Crippen LogP contribution in [0.1, 0.15) is 11.3 Å². The summed E-state index contributed by atoms with van der Waals surface area (Å²) in [5.74, 6) is -0.822. The Kier molecular flexibility index (Phi) is 3.19. The fourth-order valence-electron chi connectivity index (χ4n) is 1.86. The molecule has 1 fully saturated rings. The predicted molar refractivity (Wildman–Crippen MR) is 69.0 cm³/mol. The zero-order chi connectivity index (χ0) is 12.3. The van der Waals surface area contributed by atoms with Crippen LogP contribution in [0.5, 0.6) is 0 Å². The van der Waals surface area contributed by atoms with Crippen LogP contribution in [0.25, 0.3) is 6.08 Å². The van der Waals surface area contributed by atoms with Gasteiger partial charge in [-0.05, 0) is 18.2 Å². The first-order valence-corrected chi connectivity index (χ1v) is 6.59. The Morgan fingerprint density at radius 1 is 1.33 bits per heavy atom. The summed E-state index contributed by atoms with van der Waals surface area (Å²) in [5, 5.41) is 1.97. The number of pyridine rings is 1. The van der Waals surface area contributed by atoms with Crippen LogP contribution in [0.4, 0.5) is 0 Å². The monoisotopic (exact) mass is 260 g/mol. The molecule has 4 nitrogen and oxygen atoms in total. The molecule has 18 heavy (non-hydrogen) atoms. The molecule has 0 aliphatic carbocycles. The molecule has 2 aromatic rings. The van der Waals surface area contributed by atoms with E-state index in [1.54, 1.807) is 29.2 Å². The quantitative estimate of drug-likeness (QED) is 0.850. The fourth-order valence-corrected chi connectivity index (χ4v) is 2.38. The second-order valence-corrected chi connectivity index (χ2v) is 4.57. The summed E-state index contributed by atoms with van der Waals surface area (Å²) >= 11 is 1.56. The maximum absolute atomic E-state index is 5.75. The molecule has 0 N–H and O–H groups in total. The van der Waals surface area contributed by atoms with E-state index in [1.165, 1.54) is 0 Å². The third-order valence-corrected chi connectivity index (χ3v) is 3.31. The number of aromatic nitrogens is 2. The predicted octanol–water partition coefficient (Wildman–Crippen LogP) is 2.45. The zero-order valence-corrected chi connectivity index (χ0v) is 10.5. The van der Waals surface area contributed by atoms with Crippen LogP contribution >= 0.6 is 11.3 Å². The van der Waals surface area contributed by atoms with Gasteiger partial charge in [-0.2, -0.15) is 0 Å². The minimum absolute atomic E-state index is 0.580. The summed E-state index contributed by atoms with van der Waals surface area (Å²) in [6.45, 7) is 1.16. The smallest absolute Gasteiger partial charge is 0.217 e. The first-order valence-electron chi connectivity index (χ1n) is 5.65. The zero-order valence-electron chi connectivity index (χ0n) is 9.65. The Hall–Kier alpha value is -1.56. The highest BCUT2D eigenvalue weighted by Crippen LogP contribution is 2.33. The maximum atomic E-state index is 5.75. The lowest BCUT2D eigenvalue weighted by molar-refractivity contribution is -0.122. The SMILES string of the molecule is C(=CC1(c2cccnc2)OCCO1)c1cscn1. The van der Waals surface area contributed by atoms with E-state index < -0.39 is 5.79 Å². The van der Waals surface area contributed by atoms with E-state index in [2.05, 4.69) is 9.97 Å². The lowest BCUT2D eigenvalue weighted by Gasteiger charge is -2.23. The Morgan fingerprint density at radius 2 is 2.22 bits per heavy atom. The molecule has 0 aromatic carbocycles. The van der Waals surface area contributed by atoms with E-state index in [1.807, 2.05) is 29.7 Å². The largest absolute Gasteiger partial charge is 0.340 e. The van der Waals surface area contributed by atoms with Crippen molar-refractivity contribution < 1.29 is 9.47 Å². The molecule has 0 atom stereocenters. The molecular weight excluding hydrogens is 248 g/mol. The summed E-state index contributed by atoms with van der Waals surface area (Å²) in [6, 6.07) is 3.82. The van der Waals surface area contributed by atoms with Crippen LogP contribution in [-0.4, -0.2) is 23.2 Å². The molecule has 2 aromatic heterocycles. The van der Waals surface area contributed by atoms with Gasteiger partial charge in [-0.15, -0.1) is 11.3 Å². The van der Waals surface area contributed by atoms with Crippen molar-refractivity contribution in [2.75, 3.05) is 13.2 Å². The normalized spacial score (nSPS) is 18.4. The fraction of sp³-hybridized carbons (Fsp3) is 0.231. The minimum Gasteiger partial charge on any atom is -0.340 e. The molecule has 92 valence electrons. The molecule has 1 aliphatic rings. The van der Waals surface area contributed by atoms with Crippen LogP contribution in [0.2, 0.25) is 0 Å². The molecule has 1 aliphatic heterocycles. The van der Waals surface area contributed by atoms with Crippen LogP contribution < -0.4 is 0 Å². The molecule has 0 radical (unpaired) electrons. The van der Waals surface area contributed by atoms with Gasteiger partial charge in [0.25, 0.3) is 0 Å². The third kappa shape index (κ3) is 2.20. The van der Waals surface area contributed by atoms with Crippen molar-refractivity contribution >= 4 is 17.4 Å². The summed E-state index contributed by atoms with van der Waals surface area (Å²) < 4.78 is 11.5. The topological polar surface area (TPSA) is 44.2 Å². The van der Waals surface area contributed by atoms with Crippen molar-refractivity contribution in [1.82, 2.24) is 9.97 Å². The van der Waals surface area contributed by atoms with E-state index in [0.717, 1.165) is 11.3 Å². The molecule has 0 saturated carbocycles. The average molecular weight is 260 g/mol. The summed E-state index contributed by atoms with van der Waals surface area (Å²) in [5.41, 5.74) is 3.60. The van der Waals surface area contributed by atoms with Crippen molar-refractivity contribution in [2.24, 2.45) is 0 Å². The third-order valence-electron chi connectivity index (χ3n) is 2.71. The van der Waals surface area contributed by atoms with Crippen molar-refractivity contribution in [3.8, 4) is 0 Å². The Labute approximate surface area is 109 Å². The van der Waals surface area contributed by atoms with E-state index in [4.69, 9.17) is 9.47 Å². The summed E-state index contributed by atoms with van der Waals surface area (Å²) in [6.07, 6.45) is 7.30. The second-order valence-electron chi connectivity index (χ2n) is 3.85. The van der Waals surface area contributed by atoms with Gasteiger partial charge in [0.15, 0.2) is 0 Å². The molecule has 0 amide bonds. The van der Waals surface area contributed by atoms with Gasteiger partial charge in [-0.1, -0.05) is 6.07 Å². The number of thiazole rings is 1. The van der Waals surface area contributed by atoms with Crippen molar-refractivity contribution in [3.63, 3.8) is 0 Å². The first kappa shape index (κ1) is 11.5. The van der Waals surface area contributed by atoms with Gasteiger partial charge in [-0.25, -0.2) is 4.98 Å². The molecule has 3 rings (SSSR count). The van der Waals surface area contributed by atoms with Crippen LogP contribution in [0.3, 0.4) is 0 Å². The van der Waals surface area contributed by atoms with Crippen molar-refractivity contribution in [3.05, 3.63) is 52.8 Å². The highest BCUT2D eigenvalue weighted by molar-refractivity contribution is 7.07. The molecule has 5 heteroatoms. The van der Waals surface area contributed by atoms with Crippen molar-refractivity contribution in [1.29, 1.82) is 0 Å². The standard InChI is InChI=1S/C13H12N2O2S/c1-2-11(8-14-5-1)13(16-6-7-17-13)4-3-12-9-18-10-15-12/h1-5,8-10H,6-7H2. The number of rotatable bonds is 3. The van der Waals surface area contributed by atoms with Crippen LogP contribution in [-0.2, 0) is 15.3 Å². The van der Waals surface area contributed by atoms with Crippen LogP contribution in [0, 0.1) is 0 Å². The van der Waals surface area contributed by atoms with Crippen LogP contribution in [0.15, 0.2) is 41.5 Å². The lowest BCUT2D eigenvalue weighted by Crippen LogP contribution is -2.24. The highest BCUT2D eigenvalue weighted by atomic mass is 32.1. The summed E-state index contributed by atoms with van der Waals surface area (Å²) in [7, 11) is 0. The van der Waals surface area contributed by atoms with E-state index in [9.17, 15) is 0 Å². The highest BCUT2D eigenvalue weighted by Gasteiger charge is 2.36. The average Bonchev–Trinajstić information content (AvgIpc) is 3.10. The molecule has 0 bridgehead atoms. The Morgan fingerprint density at radius 3 is 2.89 bits per heavy atom. The van der Waals surface area contributed by atoms with E-state index in [0.29, 0.717) is 13.2 Å². The van der Waals surface area contributed by atoms with Gasteiger partial charge in [0.2, 0.25) is 5.79 Å². The molecule has 0 unspecified atom stereocenters.